The summed E-state index contributed by atoms with van der Waals surface area (Å²) in [7, 11) is 0. The minimum Gasteiger partial charge on any atom is -0.372 e. The van der Waals surface area contributed by atoms with Gasteiger partial charge in [-0.15, -0.1) is 0 Å². The van der Waals surface area contributed by atoms with Crippen LogP contribution in [0.2, 0.25) is 0 Å². The van der Waals surface area contributed by atoms with Gasteiger partial charge in [-0.1, -0.05) is 35.8 Å². The third-order valence-corrected chi connectivity index (χ3v) is 5.04. The normalized spacial score (nSPS) is 14.3. The van der Waals surface area contributed by atoms with Crippen molar-refractivity contribution in [1.29, 1.82) is 0 Å². The Morgan fingerprint density at radius 3 is 2.63 bits per heavy atom. The first-order chi connectivity index (χ1) is 9.14. The Kier molecular flexibility index (Phi) is 4.63. The lowest BCUT2D eigenvalue weighted by molar-refractivity contribution is 0.0903. The summed E-state index contributed by atoms with van der Waals surface area (Å²) in [6, 6.07) is 5.82. The van der Waals surface area contributed by atoms with Crippen LogP contribution in [0, 0.1) is 0 Å². The van der Waals surface area contributed by atoms with Crippen molar-refractivity contribution < 1.29 is 9.53 Å². The van der Waals surface area contributed by atoms with Gasteiger partial charge in [-0.05, 0) is 36.1 Å². The quantitative estimate of drug-likeness (QED) is 0.842. The highest BCUT2D eigenvalue weighted by molar-refractivity contribution is 9.09. The van der Waals surface area contributed by atoms with E-state index in [4.69, 9.17) is 4.74 Å². The smallest absolute Gasteiger partial charge is 0.251 e. The van der Waals surface area contributed by atoms with Gasteiger partial charge < -0.3 is 10.1 Å². The molecule has 0 spiro atoms. The van der Waals surface area contributed by atoms with E-state index in [0.29, 0.717) is 13.2 Å². The number of alkyl halides is 1. The fourth-order valence-electron chi connectivity index (χ4n) is 2.28. The van der Waals surface area contributed by atoms with Gasteiger partial charge in [0.15, 0.2) is 0 Å². The summed E-state index contributed by atoms with van der Waals surface area (Å²) in [5, 5.41) is 3.93. The summed E-state index contributed by atoms with van der Waals surface area (Å²) in [6.07, 6.45) is 1.82. The summed E-state index contributed by atoms with van der Waals surface area (Å²) in [6.45, 7) is 5.47. The maximum absolute atomic E-state index is 12.4. The fraction of sp³-hybridized carbons (Fsp3) is 0.533. The van der Waals surface area contributed by atoms with E-state index in [-0.39, 0.29) is 11.4 Å². The van der Waals surface area contributed by atoms with E-state index in [2.05, 4.69) is 35.1 Å². The molecule has 19 heavy (non-hydrogen) atoms. The maximum atomic E-state index is 12.4. The summed E-state index contributed by atoms with van der Waals surface area (Å²) >= 11 is 3.51. The zero-order valence-electron chi connectivity index (χ0n) is 11.5. The van der Waals surface area contributed by atoms with Crippen LogP contribution < -0.4 is 5.32 Å². The zero-order valence-corrected chi connectivity index (χ0v) is 13.0. The summed E-state index contributed by atoms with van der Waals surface area (Å²) < 4.78 is 5.37. The van der Waals surface area contributed by atoms with Crippen molar-refractivity contribution in [3.05, 3.63) is 34.9 Å². The fourth-order valence-corrected chi connectivity index (χ4v) is 3.21. The second-order valence-corrected chi connectivity index (χ2v) is 5.61. The number of fused-ring (bicyclic) bond motifs is 1. The van der Waals surface area contributed by atoms with Gasteiger partial charge in [-0.25, -0.2) is 0 Å². The number of carbonyl (C=O) groups excluding carboxylic acids is 1. The van der Waals surface area contributed by atoms with E-state index in [9.17, 15) is 4.79 Å². The SMILES string of the molecule is CCC(CC)(CBr)NC(=O)c1ccc2c(c1)COC2. The molecule has 2 rings (SSSR count). The number of rotatable bonds is 5. The first kappa shape index (κ1) is 14.5. The number of carbonyl (C=O) groups is 1. The van der Waals surface area contributed by atoms with Crippen molar-refractivity contribution in [2.75, 3.05) is 5.33 Å². The van der Waals surface area contributed by atoms with Crippen molar-refractivity contribution in [3.8, 4) is 0 Å². The predicted molar refractivity (Wildman–Crippen MR) is 79.5 cm³/mol. The Balaban J connectivity index is 2.16. The average molecular weight is 326 g/mol. The molecular weight excluding hydrogens is 306 g/mol. The third-order valence-electron chi connectivity index (χ3n) is 3.97. The summed E-state index contributed by atoms with van der Waals surface area (Å²) in [5.41, 5.74) is 2.88. The number of nitrogens with one attached hydrogen (secondary N) is 1. The Bertz CT molecular complexity index is 461. The molecule has 0 saturated carbocycles. The molecule has 1 aliphatic rings. The van der Waals surface area contributed by atoms with Gasteiger partial charge in [-0.3, -0.25) is 4.79 Å². The Hall–Kier alpha value is -0.870. The van der Waals surface area contributed by atoms with Crippen molar-refractivity contribution in [2.45, 2.75) is 45.4 Å². The standard InChI is InChI=1S/C15H20BrNO2/c1-3-15(4-2,10-16)17-14(18)11-5-6-12-8-19-9-13(12)7-11/h5-7H,3-4,8-10H2,1-2H3,(H,17,18). The van der Waals surface area contributed by atoms with Crippen LogP contribution in [0.25, 0.3) is 0 Å². The van der Waals surface area contributed by atoms with Crippen molar-refractivity contribution in [2.24, 2.45) is 0 Å². The molecule has 0 atom stereocenters. The van der Waals surface area contributed by atoms with Crippen molar-refractivity contribution in [3.63, 3.8) is 0 Å². The molecular formula is C15H20BrNO2. The number of amides is 1. The molecule has 0 aromatic heterocycles. The lowest BCUT2D eigenvalue weighted by atomic mass is 9.94. The van der Waals surface area contributed by atoms with Crippen LogP contribution in [0.1, 0.15) is 48.2 Å². The van der Waals surface area contributed by atoms with E-state index >= 15 is 0 Å². The van der Waals surface area contributed by atoms with Crippen LogP contribution in [0.15, 0.2) is 18.2 Å². The molecule has 0 aliphatic carbocycles. The largest absolute Gasteiger partial charge is 0.372 e. The highest BCUT2D eigenvalue weighted by Crippen LogP contribution is 2.22. The molecule has 0 saturated heterocycles. The van der Waals surface area contributed by atoms with Gasteiger partial charge in [0.2, 0.25) is 0 Å². The Labute approximate surface area is 122 Å². The minimum absolute atomic E-state index is 0.00199. The zero-order chi connectivity index (χ0) is 13.9. The molecule has 0 unspecified atom stereocenters. The lowest BCUT2D eigenvalue weighted by Crippen LogP contribution is -2.49. The molecule has 104 valence electrons. The van der Waals surface area contributed by atoms with Gasteiger partial charge >= 0.3 is 0 Å². The molecule has 0 radical (unpaired) electrons. The van der Waals surface area contributed by atoms with E-state index in [1.807, 2.05) is 18.2 Å². The number of halogens is 1. The molecule has 1 aromatic rings. The number of benzene rings is 1. The Morgan fingerprint density at radius 2 is 2.00 bits per heavy atom. The maximum Gasteiger partial charge on any atom is 0.251 e. The highest BCUT2D eigenvalue weighted by Gasteiger charge is 2.27. The molecule has 1 aromatic carbocycles. The molecule has 1 aliphatic heterocycles. The second kappa shape index (κ2) is 6.06. The lowest BCUT2D eigenvalue weighted by Gasteiger charge is -2.31. The monoisotopic (exact) mass is 325 g/mol. The molecule has 0 bridgehead atoms. The molecule has 1 amide bonds. The van der Waals surface area contributed by atoms with Gasteiger partial charge in [0.1, 0.15) is 0 Å². The number of ether oxygens (including phenoxy) is 1. The van der Waals surface area contributed by atoms with Gasteiger partial charge in [-0.2, -0.15) is 0 Å². The van der Waals surface area contributed by atoms with E-state index in [1.165, 1.54) is 5.56 Å². The van der Waals surface area contributed by atoms with Crippen LogP contribution >= 0.6 is 15.9 Å². The second-order valence-electron chi connectivity index (χ2n) is 5.05. The molecule has 4 heteroatoms. The van der Waals surface area contributed by atoms with Crippen LogP contribution in [0.5, 0.6) is 0 Å². The molecule has 1 N–H and O–H groups in total. The van der Waals surface area contributed by atoms with Crippen LogP contribution in [-0.2, 0) is 18.0 Å². The van der Waals surface area contributed by atoms with Crippen LogP contribution in [0.4, 0.5) is 0 Å². The molecule has 3 nitrogen and oxygen atoms in total. The first-order valence-electron chi connectivity index (χ1n) is 6.72. The van der Waals surface area contributed by atoms with Gasteiger partial charge in [0.25, 0.3) is 5.91 Å². The number of hydrogen-bond acceptors (Lipinski definition) is 2. The van der Waals surface area contributed by atoms with Crippen LogP contribution in [-0.4, -0.2) is 16.8 Å². The van der Waals surface area contributed by atoms with Gasteiger partial charge in [0, 0.05) is 16.4 Å². The van der Waals surface area contributed by atoms with Crippen LogP contribution in [0.3, 0.4) is 0 Å². The van der Waals surface area contributed by atoms with E-state index < -0.39 is 0 Å². The first-order valence-corrected chi connectivity index (χ1v) is 7.84. The Morgan fingerprint density at radius 1 is 1.32 bits per heavy atom. The molecule has 1 heterocycles. The summed E-state index contributed by atoms with van der Waals surface area (Å²) in [5.74, 6) is -0.00199. The highest BCUT2D eigenvalue weighted by atomic mass is 79.9. The summed E-state index contributed by atoms with van der Waals surface area (Å²) in [4.78, 5) is 12.4. The average Bonchev–Trinajstić information content (AvgIpc) is 2.92. The van der Waals surface area contributed by atoms with Crippen molar-refractivity contribution >= 4 is 21.8 Å². The molecule has 0 fully saturated rings. The third kappa shape index (κ3) is 3.00. The van der Waals surface area contributed by atoms with E-state index in [1.54, 1.807) is 0 Å². The minimum atomic E-state index is -0.160. The number of hydrogen-bond donors (Lipinski definition) is 1. The predicted octanol–water partition coefficient (Wildman–Crippen LogP) is 3.40. The topological polar surface area (TPSA) is 38.3 Å². The van der Waals surface area contributed by atoms with Crippen molar-refractivity contribution in [1.82, 2.24) is 5.32 Å². The van der Waals surface area contributed by atoms with E-state index in [0.717, 1.165) is 29.3 Å². The van der Waals surface area contributed by atoms with Gasteiger partial charge in [0.05, 0.1) is 13.2 Å².